The van der Waals surface area contributed by atoms with Crippen molar-refractivity contribution in [1.29, 1.82) is 0 Å². The van der Waals surface area contributed by atoms with Crippen LogP contribution >= 0.6 is 0 Å². The fraction of sp³-hybridized carbons (Fsp3) is 0.522. The molecule has 1 aliphatic heterocycles. The maximum Gasteiger partial charge on any atom is 0.330 e. The number of nitrogens with zero attached hydrogens (tertiary/aromatic N) is 4. The van der Waals surface area contributed by atoms with Gasteiger partial charge in [0.1, 0.15) is 5.82 Å². The average molecular weight is 410 g/mol. The maximum absolute atomic E-state index is 12.6. The molecule has 1 aromatic carbocycles. The Morgan fingerprint density at radius 1 is 1.20 bits per heavy atom. The van der Waals surface area contributed by atoms with Crippen molar-refractivity contribution in [3.63, 3.8) is 0 Å². The van der Waals surface area contributed by atoms with E-state index in [0.29, 0.717) is 36.8 Å². The highest BCUT2D eigenvalue weighted by Gasteiger charge is 2.28. The van der Waals surface area contributed by atoms with E-state index in [2.05, 4.69) is 48.0 Å². The average Bonchev–Trinajstić information content (AvgIpc) is 3.32. The fourth-order valence-electron chi connectivity index (χ4n) is 4.65. The first-order valence-electron chi connectivity index (χ1n) is 11.1. The van der Waals surface area contributed by atoms with E-state index in [1.54, 1.807) is 4.57 Å². The topological polar surface area (TPSA) is 75.9 Å². The highest BCUT2D eigenvalue weighted by Crippen LogP contribution is 2.33. The highest BCUT2D eigenvalue weighted by molar-refractivity contribution is 5.71. The van der Waals surface area contributed by atoms with Gasteiger partial charge in [0.05, 0.1) is 6.54 Å². The number of fused-ring (bicyclic) bond motifs is 1. The van der Waals surface area contributed by atoms with Gasteiger partial charge in [0.25, 0.3) is 5.56 Å². The molecule has 0 spiro atoms. The number of aryl methyl sites for hydroxylation is 3. The van der Waals surface area contributed by atoms with Crippen LogP contribution in [0.2, 0.25) is 0 Å². The van der Waals surface area contributed by atoms with Gasteiger partial charge >= 0.3 is 5.69 Å². The van der Waals surface area contributed by atoms with Crippen LogP contribution in [-0.4, -0.2) is 30.5 Å². The molecule has 3 heterocycles. The lowest BCUT2D eigenvalue weighted by molar-refractivity contribution is 0.239. The normalized spacial score (nSPS) is 17.2. The number of aromatic nitrogens is 4. The number of benzene rings is 1. The van der Waals surface area contributed by atoms with E-state index < -0.39 is 0 Å². The second-order valence-electron chi connectivity index (χ2n) is 8.25. The van der Waals surface area contributed by atoms with E-state index in [4.69, 9.17) is 4.98 Å². The molecule has 1 saturated heterocycles. The van der Waals surface area contributed by atoms with Gasteiger partial charge < -0.3 is 4.57 Å². The number of unbranched alkanes of at least 4 members (excludes halogenated alkanes) is 1. The third-order valence-electron chi connectivity index (χ3n) is 6.15. The lowest BCUT2D eigenvalue weighted by Crippen LogP contribution is -2.31. The lowest BCUT2D eigenvalue weighted by atomic mass is 10.0. The van der Waals surface area contributed by atoms with Gasteiger partial charge in [-0.05, 0) is 45.2 Å². The van der Waals surface area contributed by atoms with Crippen LogP contribution in [0.15, 0.2) is 33.9 Å². The number of imidazole rings is 1. The van der Waals surface area contributed by atoms with Gasteiger partial charge in [-0.15, -0.1) is 0 Å². The molecule has 4 rings (SSSR count). The van der Waals surface area contributed by atoms with E-state index in [0.717, 1.165) is 38.1 Å². The molecule has 1 aliphatic rings. The van der Waals surface area contributed by atoms with Crippen LogP contribution in [0.5, 0.6) is 0 Å². The monoisotopic (exact) mass is 409 g/mol. The molecule has 0 radical (unpaired) electrons. The van der Waals surface area contributed by atoms with Crippen molar-refractivity contribution in [2.75, 3.05) is 6.54 Å². The minimum atomic E-state index is -0.368. The van der Waals surface area contributed by atoms with Crippen molar-refractivity contribution >= 4 is 11.2 Å². The van der Waals surface area contributed by atoms with E-state index >= 15 is 0 Å². The van der Waals surface area contributed by atoms with Crippen LogP contribution in [0.4, 0.5) is 0 Å². The summed E-state index contributed by atoms with van der Waals surface area (Å²) in [4.78, 5) is 34.8. The zero-order valence-corrected chi connectivity index (χ0v) is 18.1. The molecule has 0 saturated carbocycles. The number of hydrogen-bond donors (Lipinski definition) is 1. The third-order valence-corrected chi connectivity index (χ3v) is 6.15. The van der Waals surface area contributed by atoms with Gasteiger partial charge in [0.15, 0.2) is 11.2 Å². The van der Waals surface area contributed by atoms with E-state index in [1.807, 2.05) is 11.5 Å². The molecule has 1 N–H and O–H groups in total. The Labute approximate surface area is 176 Å². The third kappa shape index (κ3) is 3.74. The smallest absolute Gasteiger partial charge is 0.321 e. The van der Waals surface area contributed by atoms with Crippen LogP contribution in [0.25, 0.3) is 11.2 Å². The molecule has 7 heteroatoms. The van der Waals surface area contributed by atoms with Gasteiger partial charge in [0.2, 0.25) is 0 Å². The van der Waals surface area contributed by atoms with Gasteiger partial charge in [-0.3, -0.25) is 19.2 Å². The first-order valence-corrected chi connectivity index (χ1v) is 11.1. The molecule has 2 aromatic heterocycles. The summed E-state index contributed by atoms with van der Waals surface area (Å²) in [5.41, 5.74) is 2.91. The molecule has 7 nitrogen and oxygen atoms in total. The van der Waals surface area contributed by atoms with Crippen LogP contribution in [-0.2, 0) is 19.6 Å². The molecule has 1 atom stereocenters. The van der Waals surface area contributed by atoms with Crippen LogP contribution < -0.4 is 11.2 Å². The van der Waals surface area contributed by atoms with Gasteiger partial charge in [0, 0.05) is 19.1 Å². The van der Waals surface area contributed by atoms with Crippen molar-refractivity contribution in [3.05, 3.63) is 62.1 Å². The predicted molar refractivity (Wildman–Crippen MR) is 119 cm³/mol. The molecule has 160 valence electrons. The molecule has 0 bridgehead atoms. The second kappa shape index (κ2) is 8.60. The Hall–Kier alpha value is -2.67. The fourth-order valence-corrected chi connectivity index (χ4v) is 4.65. The largest absolute Gasteiger partial charge is 0.330 e. The number of likely N-dealkylation sites (tertiary alicyclic amines) is 1. The number of nitrogens with one attached hydrogen (secondary N) is 1. The van der Waals surface area contributed by atoms with Gasteiger partial charge in [-0.25, -0.2) is 9.78 Å². The summed E-state index contributed by atoms with van der Waals surface area (Å²) in [6.45, 7) is 9.12. The Morgan fingerprint density at radius 2 is 2.03 bits per heavy atom. The van der Waals surface area contributed by atoms with Gasteiger partial charge in [-0.2, -0.15) is 0 Å². The van der Waals surface area contributed by atoms with Crippen molar-refractivity contribution in [3.8, 4) is 0 Å². The summed E-state index contributed by atoms with van der Waals surface area (Å²) in [6.07, 6.45) is 4.11. The minimum Gasteiger partial charge on any atom is -0.321 e. The number of aromatic amines is 1. The maximum atomic E-state index is 12.6. The zero-order valence-electron chi connectivity index (χ0n) is 18.1. The van der Waals surface area contributed by atoms with E-state index in [9.17, 15) is 9.59 Å². The molecule has 0 aliphatic carbocycles. The quantitative estimate of drug-likeness (QED) is 0.649. The molecule has 30 heavy (non-hydrogen) atoms. The van der Waals surface area contributed by atoms with E-state index in [-0.39, 0.29) is 11.2 Å². The summed E-state index contributed by atoms with van der Waals surface area (Å²) in [5, 5.41) is 0. The van der Waals surface area contributed by atoms with Crippen molar-refractivity contribution in [2.45, 2.75) is 72.1 Å². The molecule has 0 amide bonds. The number of H-pyrrole nitrogens is 1. The molecule has 1 unspecified atom stereocenters. The van der Waals surface area contributed by atoms with Crippen LogP contribution in [0.3, 0.4) is 0 Å². The summed E-state index contributed by atoms with van der Waals surface area (Å²) in [5.74, 6) is 0.855. The SMILES string of the molecule is CCCCn1c(=O)[nH]c(=O)c2c1nc(CN1CCCC1c1cccc(C)c1)n2CC. The second-order valence-corrected chi connectivity index (χ2v) is 8.25. The molecular formula is C23H31N5O2. The van der Waals surface area contributed by atoms with Gasteiger partial charge in [-0.1, -0.05) is 43.2 Å². The molecule has 3 aromatic rings. The zero-order chi connectivity index (χ0) is 21.3. The van der Waals surface area contributed by atoms with Crippen molar-refractivity contribution in [1.82, 2.24) is 24.0 Å². The first-order chi connectivity index (χ1) is 14.5. The number of hydrogen-bond acceptors (Lipinski definition) is 4. The summed E-state index contributed by atoms with van der Waals surface area (Å²) < 4.78 is 3.60. The summed E-state index contributed by atoms with van der Waals surface area (Å²) >= 11 is 0. The van der Waals surface area contributed by atoms with Crippen molar-refractivity contribution < 1.29 is 0 Å². The van der Waals surface area contributed by atoms with Crippen LogP contribution in [0, 0.1) is 6.92 Å². The van der Waals surface area contributed by atoms with E-state index in [1.165, 1.54) is 11.1 Å². The predicted octanol–water partition coefficient (Wildman–Crippen LogP) is 3.35. The standard InChI is InChI=1S/C23H31N5O2/c1-4-6-13-28-21-20(22(29)25-23(28)30)27(5-2)19(24-21)15-26-12-8-11-18(26)17-10-7-9-16(3)14-17/h7,9-10,14,18H,4-6,8,11-13,15H2,1-3H3,(H,25,29,30). The lowest BCUT2D eigenvalue weighted by Gasteiger charge is -2.25. The van der Waals surface area contributed by atoms with Crippen LogP contribution in [0.1, 0.15) is 62.5 Å². The number of rotatable bonds is 7. The Bertz CT molecular complexity index is 1160. The van der Waals surface area contributed by atoms with Crippen molar-refractivity contribution in [2.24, 2.45) is 0 Å². The summed E-state index contributed by atoms with van der Waals surface area (Å²) in [7, 11) is 0. The first kappa shape index (κ1) is 20.6. The minimum absolute atomic E-state index is 0.347. The summed E-state index contributed by atoms with van der Waals surface area (Å²) in [6, 6.07) is 9.07. The Morgan fingerprint density at radius 3 is 2.77 bits per heavy atom. The molecular weight excluding hydrogens is 378 g/mol. The Kier molecular flexibility index (Phi) is 5.90. The molecule has 1 fully saturated rings. The highest BCUT2D eigenvalue weighted by atomic mass is 16.2. The Balaban J connectivity index is 1.74.